The van der Waals surface area contributed by atoms with Crippen LogP contribution in [0.4, 0.5) is 0 Å². The Kier molecular flexibility index (Phi) is 6.60. The zero-order valence-corrected chi connectivity index (χ0v) is 20.5. The summed E-state index contributed by atoms with van der Waals surface area (Å²) in [6.07, 6.45) is 0. The molecule has 0 saturated carbocycles. The Labute approximate surface area is 218 Å². The van der Waals surface area contributed by atoms with Gasteiger partial charge >= 0.3 is 17.9 Å². The quantitative estimate of drug-likeness (QED) is 0.112. The molecule has 0 saturated heterocycles. The van der Waals surface area contributed by atoms with E-state index in [0.29, 0.717) is 32.3 Å². The van der Waals surface area contributed by atoms with Crippen LogP contribution in [0, 0.1) is 0 Å². The highest BCUT2D eigenvalue weighted by Crippen LogP contribution is 2.44. The van der Waals surface area contributed by atoms with Crippen LogP contribution in [0.2, 0.25) is 0 Å². The third-order valence-corrected chi connectivity index (χ3v) is 7.20. The highest BCUT2D eigenvalue weighted by atomic mass is 32.2. The molecule has 0 fully saturated rings. The number of carboxylic acid groups (broad SMARTS) is 3. The first-order valence-electron chi connectivity index (χ1n) is 11.0. The molecule has 0 aliphatic heterocycles. The molecular formula is C26H19NO11S. The van der Waals surface area contributed by atoms with E-state index in [1.165, 1.54) is 42.5 Å². The number of hydrogen-bond donors (Lipinski definition) is 5. The molecule has 0 unspecified atom stereocenters. The molecule has 5 rings (SSSR count). The molecule has 1 amide bonds. The maximum absolute atomic E-state index is 13.0. The van der Waals surface area contributed by atoms with Gasteiger partial charge in [-0.2, -0.15) is 8.42 Å². The van der Waals surface area contributed by atoms with Crippen molar-refractivity contribution in [3.05, 3.63) is 70.8 Å². The summed E-state index contributed by atoms with van der Waals surface area (Å²) in [5.41, 5.74) is -0.670. The minimum absolute atomic E-state index is 0. The minimum Gasteiger partial charge on any atom is -0.478 e. The molecule has 0 atom stereocenters. The number of rotatable bonds is 7. The molecule has 5 aromatic rings. The van der Waals surface area contributed by atoms with Gasteiger partial charge in [0, 0.05) is 22.9 Å². The van der Waals surface area contributed by atoms with Gasteiger partial charge in [-0.25, -0.2) is 14.4 Å². The van der Waals surface area contributed by atoms with E-state index in [2.05, 4.69) is 5.32 Å². The van der Waals surface area contributed by atoms with Crippen LogP contribution in [0.5, 0.6) is 0 Å². The van der Waals surface area contributed by atoms with Gasteiger partial charge < -0.3 is 26.1 Å². The number of fused-ring (bicyclic) bond motifs is 2. The Morgan fingerprint density at radius 1 is 0.590 bits per heavy atom. The van der Waals surface area contributed by atoms with Gasteiger partial charge in [0.2, 0.25) is 0 Å². The Balaban J connectivity index is 0.00000353. The van der Waals surface area contributed by atoms with Gasteiger partial charge in [-0.3, -0.25) is 9.35 Å². The maximum atomic E-state index is 13.0. The molecule has 0 spiro atoms. The molecule has 5 aromatic carbocycles. The first kappa shape index (κ1) is 27.2. The van der Waals surface area contributed by atoms with Crippen LogP contribution in [-0.2, 0) is 10.1 Å². The lowest BCUT2D eigenvalue weighted by molar-refractivity contribution is 0.0685. The molecular weight excluding hydrogens is 534 g/mol. The highest BCUT2D eigenvalue weighted by Gasteiger charge is 2.25. The van der Waals surface area contributed by atoms with Gasteiger partial charge in [0.25, 0.3) is 16.0 Å². The Bertz CT molecular complexity index is 1910. The summed E-state index contributed by atoms with van der Waals surface area (Å²) >= 11 is 0. The normalized spacial score (nSPS) is 11.6. The summed E-state index contributed by atoms with van der Waals surface area (Å²) < 4.78 is 31.0. The second-order valence-electron chi connectivity index (χ2n) is 8.60. The standard InChI is InChI=1S/C26H17NO10S.H2O/c28-23(27-9-10-38(35,36)37)15-5-1-11-13-3-7-17(25(31)32)22-18(26(33)34)8-4-14(20(13)22)12-2-6-16(24(29)30)21(15)19(11)12;/h1-8H,9-10H2,(H,27,28)(H,29,30)(H,31,32)(H,33,34)(H,35,36,37);1H2. The zero-order valence-electron chi connectivity index (χ0n) is 19.7. The Morgan fingerprint density at radius 2 is 0.923 bits per heavy atom. The number of hydrogen-bond acceptors (Lipinski definition) is 6. The molecule has 0 aliphatic rings. The number of nitrogens with one attached hydrogen (secondary N) is 1. The predicted octanol–water partition coefficient (Wildman–Crippen LogP) is 2.62. The fraction of sp³-hybridized carbons (Fsp3) is 0.0769. The first-order valence-corrected chi connectivity index (χ1v) is 12.6. The Hall–Kier alpha value is -4.85. The third-order valence-electron chi connectivity index (χ3n) is 6.48. The lowest BCUT2D eigenvalue weighted by Crippen LogP contribution is -2.29. The monoisotopic (exact) mass is 553 g/mol. The van der Waals surface area contributed by atoms with Crippen LogP contribution in [0.25, 0.3) is 43.1 Å². The summed E-state index contributed by atoms with van der Waals surface area (Å²) in [6, 6.07) is 11.3. The van der Waals surface area contributed by atoms with Crippen LogP contribution < -0.4 is 5.32 Å². The van der Waals surface area contributed by atoms with Crippen LogP contribution in [0.15, 0.2) is 48.5 Å². The molecule has 200 valence electrons. The Morgan fingerprint density at radius 3 is 1.26 bits per heavy atom. The lowest BCUT2D eigenvalue weighted by atomic mass is 9.84. The second kappa shape index (κ2) is 9.47. The zero-order chi connectivity index (χ0) is 27.5. The average molecular weight is 554 g/mol. The number of benzene rings is 5. The number of carboxylic acids is 3. The van der Waals surface area contributed by atoms with Crippen molar-refractivity contribution >= 4 is 77.0 Å². The van der Waals surface area contributed by atoms with Crippen molar-refractivity contribution in [3.63, 3.8) is 0 Å². The van der Waals surface area contributed by atoms with Gasteiger partial charge in [-0.15, -0.1) is 0 Å². The second-order valence-corrected chi connectivity index (χ2v) is 10.2. The number of aromatic carboxylic acids is 3. The van der Waals surface area contributed by atoms with E-state index < -0.39 is 46.2 Å². The highest BCUT2D eigenvalue weighted by molar-refractivity contribution is 7.85. The van der Waals surface area contributed by atoms with Gasteiger partial charge in [0.15, 0.2) is 0 Å². The predicted molar refractivity (Wildman–Crippen MR) is 141 cm³/mol. The molecule has 0 aromatic heterocycles. The smallest absolute Gasteiger partial charge is 0.336 e. The number of carbonyl (C=O) groups is 4. The van der Waals surface area contributed by atoms with E-state index in [0.717, 1.165) is 0 Å². The molecule has 13 heteroatoms. The molecule has 0 heterocycles. The van der Waals surface area contributed by atoms with Crippen molar-refractivity contribution in [1.29, 1.82) is 0 Å². The van der Waals surface area contributed by atoms with E-state index in [-0.39, 0.29) is 38.5 Å². The van der Waals surface area contributed by atoms with Crippen molar-refractivity contribution in [2.45, 2.75) is 0 Å². The molecule has 7 N–H and O–H groups in total. The van der Waals surface area contributed by atoms with Gasteiger partial charge in [-0.05, 0) is 56.6 Å². The van der Waals surface area contributed by atoms with E-state index in [4.69, 9.17) is 4.55 Å². The van der Waals surface area contributed by atoms with Crippen LogP contribution in [-0.4, -0.2) is 69.9 Å². The fourth-order valence-corrected chi connectivity index (χ4v) is 5.36. The van der Waals surface area contributed by atoms with Crippen LogP contribution in [0.3, 0.4) is 0 Å². The van der Waals surface area contributed by atoms with Gasteiger partial charge in [0.05, 0.1) is 22.4 Å². The van der Waals surface area contributed by atoms with Crippen molar-refractivity contribution in [2.24, 2.45) is 0 Å². The molecule has 0 aliphatic carbocycles. The lowest BCUT2D eigenvalue weighted by Gasteiger charge is -2.19. The number of amides is 1. The fourth-order valence-electron chi connectivity index (χ4n) is 5.00. The van der Waals surface area contributed by atoms with Crippen LogP contribution in [0.1, 0.15) is 41.4 Å². The van der Waals surface area contributed by atoms with Gasteiger partial charge in [-0.1, -0.05) is 24.3 Å². The van der Waals surface area contributed by atoms with Crippen molar-refractivity contribution in [1.82, 2.24) is 5.32 Å². The van der Waals surface area contributed by atoms with Crippen LogP contribution >= 0.6 is 0 Å². The minimum atomic E-state index is -4.34. The summed E-state index contributed by atoms with van der Waals surface area (Å²) in [5.74, 6) is -5.45. The van der Waals surface area contributed by atoms with E-state index in [1.807, 2.05) is 0 Å². The largest absolute Gasteiger partial charge is 0.478 e. The van der Waals surface area contributed by atoms with E-state index >= 15 is 0 Å². The summed E-state index contributed by atoms with van der Waals surface area (Å²) in [7, 11) is -4.34. The van der Waals surface area contributed by atoms with Crippen molar-refractivity contribution in [3.8, 4) is 0 Å². The summed E-state index contributed by atoms with van der Waals surface area (Å²) in [4.78, 5) is 49.2. The molecule has 0 radical (unpaired) electrons. The molecule has 0 bridgehead atoms. The molecule has 39 heavy (non-hydrogen) atoms. The van der Waals surface area contributed by atoms with Gasteiger partial charge in [0.1, 0.15) is 0 Å². The van der Waals surface area contributed by atoms with E-state index in [1.54, 1.807) is 6.07 Å². The van der Waals surface area contributed by atoms with Crippen molar-refractivity contribution < 1.29 is 52.9 Å². The summed E-state index contributed by atoms with van der Waals surface area (Å²) in [6.45, 7) is -0.416. The average Bonchev–Trinajstić information content (AvgIpc) is 2.84. The van der Waals surface area contributed by atoms with E-state index in [9.17, 15) is 42.9 Å². The number of carbonyl (C=O) groups excluding carboxylic acids is 1. The first-order chi connectivity index (χ1) is 17.9. The van der Waals surface area contributed by atoms with Crippen molar-refractivity contribution in [2.75, 3.05) is 12.3 Å². The topological polar surface area (TPSA) is 227 Å². The summed E-state index contributed by atoms with van der Waals surface area (Å²) in [5, 5.41) is 34.5. The SMILES string of the molecule is O.O=C(O)c1ccc2c3ccc(C(=O)O)c4c(C(=O)NCCS(=O)(=O)O)ccc(c5ccc(C(=O)O)c1c25)c43. The molecule has 12 nitrogen and oxygen atoms in total. The third kappa shape index (κ3) is 4.33. The maximum Gasteiger partial charge on any atom is 0.336 e.